The smallest absolute Gasteiger partial charge is 0.286 e. The fraction of sp³-hybridized carbons (Fsp3) is 0.417. The topological polar surface area (TPSA) is 58.5 Å². The summed E-state index contributed by atoms with van der Waals surface area (Å²) in [5, 5.41) is 3.15. The van der Waals surface area contributed by atoms with Gasteiger partial charge in [0.05, 0.1) is 5.69 Å². The molecule has 4 nitrogen and oxygen atoms in total. The first kappa shape index (κ1) is 10.8. The number of nitrogens with one attached hydrogen (secondary N) is 1. The van der Waals surface area contributed by atoms with Gasteiger partial charge in [-0.2, -0.15) is 8.42 Å². The quantitative estimate of drug-likeness (QED) is 0.831. The average Bonchev–Trinajstić information content (AvgIpc) is 3.03. The van der Waals surface area contributed by atoms with Gasteiger partial charge in [-0.1, -0.05) is 0 Å². The number of benzene rings is 1. The van der Waals surface area contributed by atoms with Gasteiger partial charge in [-0.3, -0.25) is 0 Å². The van der Waals surface area contributed by atoms with Crippen molar-refractivity contribution in [2.75, 3.05) is 5.32 Å². The zero-order valence-corrected chi connectivity index (χ0v) is 10.6. The van der Waals surface area contributed by atoms with Crippen molar-refractivity contribution < 1.29 is 8.42 Å². The molecule has 0 atom stereocenters. The Hall–Kier alpha value is -1.36. The lowest BCUT2D eigenvalue weighted by atomic mass is 10.1. The number of anilines is 1. The second-order valence-corrected chi connectivity index (χ2v) is 6.36. The van der Waals surface area contributed by atoms with Crippen LogP contribution in [0.15, 0.2) is 21.4 Å². The summed E-state index contributed by atoms with van der Waals surface area (Å²) in [4.78, 5) is 0.296. The summed E-state index contributed by atoms with van der Waals surface area (Å²) >= 11 is 0. The van der Waals surface area contributed by atoms with E-state index in [1.165, 1.54) is 0 Å². The molecule has 0 aromatic heterocycles. The Balaban J connectivity index is 2.18. The van der Waals surface area contributed by atoms with E-state index in [4.69, 9.17) is 0 Å². The first-order chi connectivity index (χ1) is 7.97. The summed E-state index contributed by atoms with van der Waals surface area (Å²) in [7, 11) is -3.51. The van der Waals surface area contributed by atoms with Gasteiger partial charge < -0.3 is 5.32 Å². The maximum Gasteiger partial charge on any atom is 0.286 e. The molecule has 0 amide bonds. The van der Waals surface area contributed by atoms with E-state index in [1.807, 2.05) is 19.9 Å². The summed E-state index contributed by atoms with van der Waals surface area (Å²) in [6, 6.07) is 3.58. The van der Waals surface area contributed by atoms with Crippen LogP contribution in [0.3, 0.4) is 0 Å². The van der Waals surface area contributed by atoms with Crippen molar-refractivity contribution in [3.8, 4) is 0 Å². The molecule has 1 N–H and O–H groups in total. The SMILES string of the molecule is Cc1cc2c(cc1C)S(=O)(=O)N=C(C1CC1)N2. The molecule has 1 aromatic rings. The van der Waals surface area contributed by atoms with Crippen LogP contribution < -0.4 is 5.32 Å². The normalized spacial score (nSPS) is 21.4. The lowest BCUT2D eigenvalue weighted by molar-refractivity contribution is 0.597. The molecule has 0 spiro atoms. The largest absolute Gasteiger partial charge is 0.342 e. The van der Waals surface area contributed by atoms with E-state index in [9.17, 15) is 8.42 Å². The first-order valence-electron chi connectivity index (χ1n) is 5.70. The zero-order valence-electron chi connectivity index (χ0n) is 9.82. The van der Waals surface area contributed by atoms with Gasteiger partial charge in [0.15, 0.2) is 0 Å². The first-order valence-corrected chi connectivity index (χ1v) is 7.14. The van der Waals surface area contributed by atoms with Gasteiger partial charge in [0.25, 0.3) is 10.0 Å². The van der Waals surface area contributed by atoms with Crippen molar-refractivity contribution in [1.82, 2.24) is 0 Å². The Morgan fingerprint density at radius 3 is 2.53 bits per heavy atom. The molecule has 17 heavy (non-hydrogen) atoms. The van der Waals surface area contributed by atoms with Crippen molar-refractivity contribution in [1.29, 1.82) is 0 Å². The van der Waals surface area contributed by atoms with E-state index in [-0.39, 0.29) is 0 Å². The number of hydrogen-bond donors (Lipinski definition) is 1. The van der Waals surface area contributed by atoms with Crippen molar-refractivity contribution in [2.45, 2.75) is 31.6 Å². The van der Waals surface area contributed by atoms with E-state index in [0.717, 1.165) is 24.0 Å². The van der Waals surface area contributed by atoms with Crippen LogP contribution >= 0.6 is 0 Å². The second kappa shape index (κ2) is 3.32. The van der Waals surface area contributed by atoms with Crippen LogP contribution in [0.1, 0.15) is 24.0 Å². The third kappa shape index (κ3) is 1.74. The third-order valence-electron chi connectivity index (χ3n) is 3.32. The summed E-state index contributed by atoms with van der Waals surface area (Å²) in [6.07, 6.45) is 2.06. The number of amidine groups is 1. The van der Waals surface area contributed by atoms with E-state index in [0.29, 0.717) is 22.3 Å². The van der Waals surface area contributed by atoms with Crippen molar-refractivity contribution in [3.05, 3.63) is 23.3 Å². The summed E-state index contributed by atoms with van der Waals surface area (Å²) < 4.78 is 28.0. The summed E-state index contributed by atoms with van der Waals surface area (Å²) in [5.41, 5.74) is 2.73. The Kier molecular flexibility index (Phi) is 2.10. The van der Waals surface area contributed by atoms with E-state index in [2.05, 4.69) is 9.71 Å². The average molecular weight is 250 g/mol. The molecule has 0 bridgehead atoms. The fourth-order valence-electron chi connectivity index (χ4n) is 1.97. The molecule has 90 valence electrons. The van der Waals surface area contributed by atoms with Gasteiger partial charge in [-0.25, -0.2) is 0 Å². The Labute approximate surface area is 101 Å². The van der Waals surface area contributed by atoms with Gasteiger partial charge >= 0.3 is 0 Å². The predicted molar refractivity (Wildman–Crippen MR) is 66.9 cm³/mol. The molecular weight excluding hydrogens is 236 g/mol. The highest BCUT2D eigenvalue weighted by Gasteiger charge is 2.34. The minimum atomic E-state index is -3.51. The zero-order chi connectivity index (χ0) is 12.2. The summed E-state index contributed by atoms with van der Waals surface area (Å²) in [5.74, 6) is 0.917. The number of rotatable bonds is 1. The van der Waals surface area contributed by atoms with Gasteiger partial charge in [-0.15, -0.1) is 4.40 Å². The Morgan fingerprint density at radius 2 is 1.88 bits per heavy atom. The molecule has 0 unspecified atom stereocenters. The molecule has 1 fully saturated rings. The van der Waals surface area contributed by atoms with Gasteiger partial charge in [-0.05, 0) is 49.9 Å². The van der Waals surface area contributed by atoms with Crippen molar-refractivity contribution in [2.24, 2.45) is 10.3 Å². The molecule has 1 heterocycles. The number of fused-ring (bicyclic) bond motifs is 1. The lowest BCUT2D eigenvalue weighted by Gasteiger charge is -2.19. The van der Waals surface area contributed by atoms with Crippen LogP contribution in [0.25, 0.3) is 0 Å². The third-order valence-corrected chi connectivity index (χ3v) is 4.65. The molecule has 0 saturated heterocycles. The van der Waals surface area contributed by atoms with Crippen LogP contribution in [-0.2, 0) is 10.0 Å². The molecule has 1 saturated carbocycles. The predicted octanol–water partition coefficient (Wildman–Crippen LogP) is 2.23. The van der Waals surface area contributed by atoms with Crippen molar-refractivity contribution >= 4 is 21.5 Å². The van der Waals surface area contributed by atoms with Gasteiger partial charge in [0.2, 0.25) is 0 Å². The second-order valence-electron chi connectivity index (χ2n) is 4.78. The number of nitrogens with zero attached hydrogens (tertiary/aromatic N) is 1. The fourth-order valence-corrected chi connectivity index (χ4v) is 3.24. The highest BCUT2D eigenvalue weighted by molar-refractivity contribution is 7.90. The molecule has 1 aliphatic heterocycles. The molecule has 2 aliphatic rings. The number of aryl methyl sites for hydroxylation is 2. The molecule has 3 rings (SSSR count). The van der Waals surface area contributed by atoms with Crippen LogP contribution in [0.4, 0.5) is 5.69 Å². The minimum Gasteiger partial charge on any atom is -0.342 e. The maximum atomic E-state index is 12.1. The van der Waals surface area contributed by atoms with Gasteiger partial charge in [0.1, 0.15) is 10.7 Å². The van der Waals surface area contributed by atoms with Gasteiger partial charge in [0, 0.05) is 5.92 Å². The molecular formula is C12H14N2O2S. The molecule has 5 heteroatoms. The van der Waals surface area contributed by atoms with Crippen LogP contribution in [0.5, 0.6) is 0 Å². The van der Waals surface area contributed by atoms with E-state index < -0.39 is 10.0 Å². The van der Waals surface area contributed by atoms with Crippen molar-refractivity contribution in [3.63, 3.8) is 0 Å². The monoisotopic (exact) mass is 250 g/mol. The van der Waals surface area contributed by atoms with Crippen LogP contribution in [0, 0.1) is 19.8 Å². The van der Waals surface area contributed by atoms with E-state index >= 15 is 0 Å². The Bertz CT molecular complexity index is 628. The highest BCUT2D eigenvalue weighted by atomic mass is 32.2. The van der Waals surface area contributed by atoms with Crippen LogP contribution in [-0.4, -0.2) is 14.3 Å². The Morgan fingerprint density at radius 1 is 1.24 bits per heavy atom. The molecule has 1 aliphatic carbocycles. The number of hydrogen-bond acceptors (Lipinski definition) is 3. The maximum absolute atomic E-state index is 12.1. The summed E-state index contributed by atoms with van der Waals surface area (Å²) in [6.45, 7) is 3.89. The standard InChI is InChI=1S/C12H14N2O2S/c1-7-5-10-11(6-8(7)2)17(15,16)14-12(13-10)9-3-4-9/h5-6,9H,3-4H2,1-2H3,(H,13,14). The molecule has 1 aromatic carbocycles. The highest BCUT2D eigenvalue weighted by Crippen LogP contribution is 2.37. The lowest BCUT2D eigenvalue weighted by Crippen LogP contribution is -2.23. The van der Waals surface area contributed by atoms with Crippen LogP contribution in [0.2, 0.25) is 0 Å². The van der Waals surface area contributed by atoms with E-state index in [1.54, 1.807) is 6.07 Å². The minimum absolute atomic E-state index is 0.296. The number of sulfonamides is 1. The molecule has 0 radical (unpaired) electrons.